The van der Waals surface area contributed by atoms with E-state index in [0.717, 1.165) is 21.2 Å². The van der Waals surface area contributed by atoms with Crippen molar-refractivity contribution in [2.75, 3.05) is 19.8 Å². The van der Waals surface area contributed by atoms with Crippen LogP contribution in [0.15, 0.2) is 106 Å². The number of hydrazine groups is 1. The Hall–Kier alpha value is -4.09. The third-order valence-electron chi connectivity index (χ3n) is 7.81. The van der Waals surface area contributed by atoms with E-state index in [9.17, 15) is 4.79 Å². The molecule has 0 unspecified atom stereocenters. The standard InChI is InChI=1S/C35H33BrCl2N6O4/c36-27-10-6-23(7-11-27)16-17-40-43-34(46)35(21-25-4-1-2-5-26(25)22-41-44-39)32(30-15-12-28(37)20-31(30)38)48-33(42-35)24-8-13-29(14-9-24)47-19-3-18-45/h1-2,4-15,20,32,40,45H,3,16-19,21-22H2,(H,43,46)/t32-,35-/m0/s1. The van der Waals surface area contributed by atoms with Crippen molar-refractivity contribution in [1.82, 2.24) is 10.9 Å². The van der Waals surface area contributed by atoms with Gasteiger partial charge in [0.15, 0.2) is 11.6 Å². The Bertz CT molecular complexity index is 1800. The van der Waals surface area contributed by atoms with Gasteiger partial charge >= 0.3 is 0 Å². The van der Waals surface area contributed by atoms with Gasteiger partial charge in [-0.1, -0.05) is 86.7 Å². The Morgan fingerprint density at radius 3 is 2.52 bits per heavy atom. The fourth-order valence-electron chi connectivity index (χ4n) is 5.36. The van der Waals surface area contributed by atoms with Crippen LogP contribution >= 0.6 is 39.1 Å². The first kappa shape index (κ1) is 35.2. The second-order valence-electron chi connectivity index (χ2n) is 11.0. The van der Waals surface area contributed by atoms with Gasteiger partial charge in [0.1, 0.15) is 5.75 Å². The number of aliphatic hydroxyl groups excluding tert-OH is 1. The summed E-state index contributed by atoms with van der Waals surface area (Å²) in [6.07, 6.45) is 0.315. The fraction of sp³-hybridized carbons (Fsp3) is 0.257. The number of nitrogens with zero attached hydrogens (tertiary/aromatic N) is 4. The Morgan fingerprint density at radius 2 is 1.81 bits per heavy atom. The molecule has 13 heteroatoms. The maximum absolute atomic E-state index is 14.5. The molecule has 0 saturated heterocycles. The number of aliphatic imine (C=N–C) groups is 1. The molecule has 248 valence electrons. The van der Waals surface area contributed by atoms with Crippen molar-refractivity contribution < 1.29 is 19.4 Å². The molecule has 0 spiro atoms. The van der Waals surface area contributed by atoms with Crippen LogP contribution < -0.4 is 15.6 Å². The van der Waals surface area contributed by atoms with Gasteiger partial charge in [-0.15, -0.1) is 0 Å². The third kappa shape index (κ3) is 8.68. The topological polar surface area (TPSA) is 141 Å². The lowest BCUT2D eigenvalue weighted by molar-refractivity contribution is -0.130. The van der Waals surface area contributed by atoms with Gasteiger partial charge in [0.25, 0.3) is 5.91 Å². The van der Waals surface area contributed by atoms with Crippen LogP contribution in [0.4, 0.5) is 0 Å². The van der Waals surface area contributed by atoms with E-state index >= 15 is 0 Å². The van der Waals surface area contributed by atoms with Crippen molar-refractivity contribution in [2.45, 2.75) is 37.5 Å². The molecule has 1 aliphatic heterocycles. The normalized spacial score (nSPS) is 16.8. The molecule has 4 aromatic carbocycles. The number of benzene rings is 4. The van der Waals surface area contributed by atoms with Crippen LogP contribution in [0.25, 0.3) is 10.4 Å². The van der Waals surface area contributed by atoms with E-state index < -0.39 is 17.6 Å². The van der Waals surface area contributed by atoms with Crippen LogP contribution in [0.2, 0.25) is 10.0 Å². The Morgan fingerprint density at radius 1 is 1.06 bits per heavy atom. The number of hydrogen-bond acceptors (Lipinski definition) is 7. The SMILES string of the molecule is [N-]=[N+]=NCc1ccccc1C[C@]1(C(=O)NNCCc2ccc(Br)cc2)N=C(c2ccc(OCCCO)cc2)O[C@H]1c1ccc(Cl)cc1Cl. The summed E-state index contributed by atoms with van der Waals surface area (Å²) >= 11 is 16.5. The van der Waals surface area contributed by atoms with Crippen molar-refractivity contribution in [2.24, 2.45) is 10.1 Å². The molecule has 0 bridgehead atoms. The van der Waals surface area contributed by atoms with Crippen LogP contribution in [-0.2, 0) is 28.9 Å². The van der Waals surface area contributed by atoms with Crippen molar-refractivity contribution in [3.63, 3.8) is 0 Å². The summed E-state index contributed by atoms with van der Waals surface area (Å²) in [5, 5.41) is 13.6. The van der Waals surface area contributed by atoms with Gasteiger partial charge in [0, 0.05) is 56.5 Å². The lowest BCUT2D eigenvalue weighted by Gasteiger charge is -2.32. The van der Waals surface area contributed by atoms with Gasteiger partial charge in [-0.3, -0.25) is 10.2 Å². The first-order chi connectivity index (χ1) is 23.3. The Balaban J connectivity index is 1.54. The number of amides is 1. The van der Waals surface area contributed by atoms with E-state index in [2.05, 4.69) is 36.8 Å². The van der Waals surface area contributed by atoms with Crippen LogP contribution in [0.3, 0.4) is 0 Å². The molecular formula is C35H33BrCl2N6O4. The lowest BCUT2D eigenvalue weighted by atomic mass is 9.81. The predicted octanol–water partition coefficient (Wildman–Crippen LogP) is 7.69. The number of hydrogen-bond donors (Lipinski definition) is 3. The average molecular weight is 752 g/mol. The lowest BCUT2D eigenvalue weighted by Crippen LogP contribution is -2.54. The van der Waals surface area contributed by atoms with E-state index in [1.54, 1.807) is 42.5 Å². The second-order valence-corrected chi connectivity index (χ2v) is 12.8. The highest BCUT2D eigenvalue weighted by atomic mass is 79.9. The first-order valence-electron chi connectivity index (χ1n) is 15.2. The summed E-state index contributed by atoms with van der Waals surface area (Å²) < 4.78 is 13.3. The van der Waals surface area contributed by atoms with Gasteiger partial charge in [-0.05, 0) is 77.2 Å². The molecule has 0 aromatic heterocycles. The Kier molecular flexibility index (Phi) is 12.4. The minimum Gasteiger partial charge on any atom is -0.494 e. The zero-order chi connectivity index (χ0) is 33.9. The van der Waals surface area contributed by atoms with Crippen molar-refractivity contribution in [1.29, 1.82) is 0 Å². The van der Waals surface area contributed by atoms with Gasteiger partial charge < -0.3 is 14.6 Å². The fourth-order valence-corrected chi connectivity index (χ4v) is 6.14. The highest BCUT2D eigenvalue weighted by Gasteiger charge is 2.54. The van der Waals surface area contributed by atoms with Gasteiger partial charge in [-0.25, -0.2) is 10.4 Å². The molecule has 0 saturated carbocycles. The van der Waals surface area contributed by atoms with E-state index in [0.29, 0.717) is 52.9 Å². The molecule has 0 radical (unpaired) electrons. The van der Waals surface area contributed by atoms with E-state index in [-0.39, 0.29) is 25.5 Å². The molecule has 1 aliphatic rings. The second kappa shape index (κ2) is 16.8. The minimum absolute atomic E-state index is 0.0343. The summed E-state index contributed by atoms with van der Waals surface area (Å²) in [7, 11) is 0. The largest absolute Gasteiger partial charge is 0.494 e. The number of ether oxygens (including phenoxy) is 2. The highest BCUT2D eigenvalue weighted by molar-refractivity contribution is 9.10. The number of rotatable bonds is 15. The maximum Gasteiger partial charge on any atom is 0.266 e. The van der Waals surface area contributed by atoms with E-state index in [1.165, 1.54) is 0 Å². The third-order valence-corrected chi connectivity index (χ3v) is 8.90. The molecule has 48 heavy (non-hydrogen) atoms. The highest BCUT2D eigenvalue weighted by Crippen LogP contribution is 2.45. The molecule has 2 atom stereocenters. The molecule has 1 amide bonds. The summed E-state index contributed by atoms with van der Waals surface area (Å²) in [6, 6.07) is 27.6. The van der Waals surface area contributed by atoms with Crippen LogP contribution in [0.1, 0.15) is 40.3 Å². The smallest absolute Gasteiger partial charge is 0.266 e. The minimum atomic E-state index is -1.56. The summed E-state index contributed by atoms with van der Waals surface area (Å²) in [5.41, 5.74) is 17.2. The van der Waals surface area contributed by atoms with Gasteiger partial charge in [0.05, 0.1) is 13.2 Å². The zero-order valence-electron chi connectivity index (χ0n) is 25.8. The van der Waals surface area contributed by atoms with Crippen molar-refractivity contribution in [3.8, 4) is 5.75 Å². The van der Waals surface area contributed by atoms with Crippen LogP contribution in [-0.4, -0.2) is 42.2 Å². The molecule has 5 rings (SSSR count). The van der Waals surface area contributed by atoms with Crippen molar-refractivity contribution in [3.05, 3.63) is 144 Å². The number of carbonyl (C=O) groups is 1. The van der Waals surface area contributed by atoms with E-state index in [4.69, 9.17) is 48.3 Å². The number of nitrogens with one attached hydrogen (secondary N) is 2. The predicted molar refractivity (Wildman–Crippen MR) is 190 cm³/mol. The number of aliphatic hydroxyl groups is 1. The van der Waals surface area contributed by atoms with E-state index in [1.807, 2.05) is 48.5 Å². The summed E-state index contributed by atoms with van der Waals surface area (Å²) in [6.45, 7) is 0.959. The Labute approximate surface area is 296 Å². The first-order valence-corrected chi connectivity index (χ1v) is 16.8. The number of carbonyl (C=O) groups excluding carboxylic acids is 1. The van der Waals surface area contributed by atoms with Gasteiger partial charge in [0.2, 0.25) is 5.90 Å². The molecule has 0 fully saturated rings. The molecular weight excluding hydrogens is 719 g/mol. The molecule has 10 nitrogen and oxygen atoms in total. The van der Waals surface area contributed by atoms with Crippen molar-refractivity contribution >= 4 is 50.9 Å². The molecule has 3 N–H and O–H groups in total. The quantitative estimate of drug-likeness (QED) is 0.0376. The monoisotopic (exact) mass is 750 g/mol. The van der Waals surface area contributed by atoms with Crippen LogP contribution in [0, 0.1) is 0 Å². The average Bonchev–Trinajstić information content (AvgIpc) is 3.47. The number of halogens is 3. The van der Waals surface area contributed by atoms with Gasteiger partial charge in [-0.2, -0.15) is 0 Å². The zero-order valence-corrected chi connectivity index (χ0v) is 28.9. The van der Waals surface area contributed by atoms with Crippen LogP contribution in [0.5, 0.6) is 5.75 Å². The summed E-state index contributed by atoms with van der Waals surface area (Å²) in [5.74, 6) is 0.423. The molecule has 4 aromatic rings. The summed E-state index contributed by atoms with van der Waals surface area (Å²) in [4.78, 5) is 22.5. The molecule has 0 aliphatic carbocycles. The molecule has 1 heterocycles. The number of azide groups is 1. The maximum atomic E-state index is 14.5.